The fraction of sp³-hybridized carbons (Fsp3) is 0.529. The summed E-state index contributed by atoms with van der Waals surface area (Å²) >= 11 is 0. The van der Waals surface area contributed by atoms with Gasteiger partial charge in [-0.1, -0.05) is 32.4 Å². The Bertz CT molecular complexity index is 623. The zero-order chi connectivity index (χ0) is 15.2. The predicted molar refractivity (Wildman–Crippen MR) is 85.9 cm³/mol. The minimum Gasteiger partial charge on any atom is -0.313 e. The second-order valence-corrected chi connectivity index (χ2v) is 5.36. The average Bonchev–Trinajstić information content (AvgIpc) is 2.87. The lowest BCUT2D eigenvalue weighted by molar-refractivity contribution is 0.208. The molecule has 0 bridgehead atoms. The molecule has 21 heavy (non-hydrogen) atoms. The van der Waals surface area contributed by atoms with Crippen molar-refractivity contribution in [2.45, 2.75) is 46.2 Å². The average molecular weight is 284 g/mol. The zero-order valence-electron chi connectivity index (χ0n) is 13.2. The van der Waals surface area contributed by atoms with Gasteiger partial charge in [0.15, 0.2) is 0 Å². The molecule has 1 heterocycles. The van der Waals surface area contributed by atoms with Gasteiger partial charge in [-0.3, -0.25) is 4.90 Å². The van der Waals surface area contributed by atoms with Crippen LogP contribution in [-0.2, 0) is 6.54 Å². The molecular formula is C17H24N4. The van der Waals surface area contributed by atoms with Gasteiger partial charge in [-0.15, -0.1) is 0 Å². The Labute approximate surface area is 127 Å². The van der Waals surface area contributed by atoms with E-state index in [1.54, 1.807) is 0 Å². The van der Waals surface area contributed by atoms with Crippen LogP contribution in [0.1, 0.15) is 45.5 Å². The first kappa shape index (κ1) is 15.5. The molecule has 0 fully saturated rings. The van der Waals surface area contributed by atoms with Crippen LogP contribution in [-0.4, -0.2) is 27.5 Å². The number of imidazole rings is 1. The Morgan fingerprint density at radius 1 is 1.33 bits per heavy atom. The number of hydrogen-bond donors (Lipinski definition) is 0. The van der Waals surface area contributed by atoms with E-state index in [1.165, 1.54) is 12.8 Å². The van der Waals surface area contributed by atoms with E-state index in [0.717, 1.165) is 29.9 Å². The van der Waals surface area contributed by atoms with Crippen LogP contribution in [0.4, 0.5) is 0 Å². The van der Waals surface area contributed by atoms with Gasteiger partial charge in [0.1, 0.15) is 12.4 Å². The van der Waals surface area contributed by atoms with Crippen molar-refractivity contribution in [3.05, 3.63) is 30.1 Å². The van der Waals surface area contributed by atoms with E-state index in [4.69, 9.17) is 10.2 Å². The third-order valence-corrected chi connectivity index (χ3v) is 4.04. The molecule has 0 spiro atoms. The van der Waals surface area contributed by atoms with Crippen LogP contribution in [0, 0.1) is 11.3 Å². The fourth-order valence-corrected chi connectivity index (χ4v) is 2.80. The third-order valence-electron chi connectivity index (χ3n) is 4.04. The Balaban J connectivity index is 2.39. The number of rotatable bonds is 7. The second kappa shape index (κ2) is 7.24. The number of aromatic nitrogens is 2. The Morgan fingerprint density at radius 2 is 2.10 bits per heavy atom. The van der Waals surface area contributed by atoms with Gasteiger partial charge in [-0.25, -0.2) is 4.98 Å². The molecule has 0 saturated heterocycles. The van der Waals surface area contributed by atoms with E-state index < -0.39 is 0 Å². The standard InChI is InChI=1S/C17H24N4/c1-4-6-12-20(5-2)14(3)17-19-15-9-7-8-10-16(15)21(17)13-11-18/h7-10,14H,4-6,12-13H2,1-3H3. The maximum Gasteiger partial charge on any atom is 0.127 e. The highest BCUT2D eigenvalue weighted by Gasteiger charge is 2.20. The van der Waals surface area contributed by atoms with E-state index in [0.29, 0.717) is 6.54 Å². The zero-order valence-corrected chi connectivity index (χ0v) is 13.2. The van der Waals surface area contributed by atoms with Gasteiger partial charge >= 0.3 is 0 Å². The van der Waals surface area contributed by atoms with Crippen molar-refractivity contribution in [1.82, 2.24) is 14.5 Å². The van der Waals surface area contributed by atoms with E-state index in [1.807, 2.05) is 24.3 Å². The summed E-state index contributed by atoms with van der Waals surface area (Å²) < 4.78 is 2.05. The summed E-state index contributed by atoms with van der Waals surface area (Å²) in [7, 11) is 0. The first-order valence-corrected chi connectivity index (χ1v) is 7.79. The highest BCUT2D eigenvalue weighted by atomic mass is 15.2. The summed E-state index contributed by atoms with van der Waals surface area (Å²) in [5, 5.41) is 9.13. The Hall–Kier alpha value is -1.86. The molecule has 1 aromatic heterocycles. The maximum atomic E-state index is 9.13. The van der Waals surface area contributed by atoms with Crippen LogP contribution in [0.15, 0.2) is 24.3 Å². The third kappa shape index (κ3) is 3.25. The van der Waals surface area contributed by atoms with Crippen molar-refractivity contribution in [3.8, 4) is 6.07 Å². The van der Waals surface area contributed by atoms with Crippen molar-refractivity contribution in [3.63, 3.8) is 0 Å². The summed E-state index contributed by atoms with van der Waals surface area (Å²) in [6.45, 7) is 9.01. The van der Waals surface area contributed by atoms with Gasteiger partial charge in [0.05, 0.1) is 23.1 Å². The predicted octanol–water partition coefficient (Wildman–Crippen LogP) is 3.74. The van der Waals surface area contributed by atoms with Crippen molar-refractivity contribution < 1.29 is 0 Å². The number of hydrogen-bond acceptors (Lipinski definition) is 3. The van der Waals surface area contributed by atoms with Gasteiger partial charge in [0, 0.05) is 0 Å². The number of nitriles is 1. The molecule has 0 aliphatic carbocycles. The summed E-state index contributed by atoms with van der Waals surface area (Å²) in [6.07, 6.45) is 2.38. The molecule has 4 nitrogen and oxygen atoms in total. The first-order valence-electron chi connectivity index (χ1n) is 7.79. The van der Waals surface area contributed by atoms with Crippen molar-refractivity contribution in [2.24, 2.45) is 0 Å². The smallest absolute Gasteiger partial charge is 0.127 e. The van der Waals surface area contributed by atoms with Gasteiger partial charge < -0.3 is 4.57 Å². The molecule has 0 saturated carbocycles. The number of benzene rings is 1. The molecule has 0 aliphatic rings. The minimum atomic E-state index is 0.224. The topological polar surface area (TPSA) is 44.9 Å². The van der Waals surface area contributed by atoms with Crippen molar-refractivity contribution in [2.75, 3.05) is 13.1 Å². The monoisotopic (exact) mass is 284 g/mol. The number of nitrogens with zero attached hydrogens (tertiary/aromatic N) is 4. The lowest BCUT2D eigenvalue weighted by Gasteiger charge is -2.27. The molecule has 1 aromatic carbocycles. The van der Waals surface area contributed by atoms with Crippen LogP contribution >= 0.6 is 0 Å². The number of fused-ring (bicyclic) bond motifs is 1. The maximum absolute atomic E-state index is 9.13. The molecule has 0 aliphatic heterocycles. The minimum absolute atomic E-state index is 0.224. The van der Waals surface area contributed by atoms with E-state index in [2.05, 4.69) is 36.3 Å². The summed E-state index contributed by atoms with van der Waals surface area (Å²) in [4.78, 5) is 7.21. The second-order valence-electron chi connectivity index (χ2n) is 5.36. The van der Waals surface area contributed by atoms with E-state index in [9.17, 15) is 0 Å². The Morgan fingerprint density at radius 3 is 2.76 bits per heavy atom. The van der Waals surface area contributed by atoms with Crippen molar-refractivity contribution >= 4 is 11.0 Å². The SMILES string of the molecule is CCCCN(CC)C(C)c1nc2ccccc2n1CC#N. The van der Waals surface area contributed by atoms with Crippen LogP contribution in [0.25, 0.3) is 11.0 Å². The first-order chi connectivity index (χ1) is 10.2. The number of unbranched alkanes of at least 4 members (excludes halogenated alkanes) is 1. The van der Waals surface area contributed by atoms with Crippen LogP contribution in [0.5, 0.6) is 0 Å². The molecule has 0 N–H and O–H groups in total. The largest absolute Gasteiger partial charge is 0.313 e. The van der Waals surface area contributed by atoms with E-state index >= 15 is 0 Å². The molecule has 1 unspecified atom stereocenters. The van der Waals surface area contributed by atoms with Crippen LogP contribution in [0.3, 0.4) is 0 Å². The lowest BCUT2D eigenvalue weighted by atomic mass is 10.2. The van der Waals surface area contributed by atoms with Gasteiger partial charge in [0.25, 0.3) is 0 Å². The van der Waals surface area contributed by atoms with Gasteiger partial charge in [-0.05, 0) is 38.6 Å². The molecule has 1 atom stereocenters. The molecule has 0 radical (unpaired) electrons. The molecule has 2 rings (SSSR count). The molecule has 2 aromatic rings. The van der Waals surface area contributed by atoms with Gasteiger partial charge in [-0.2, -0.15) is 5.26 Å². The lowest BCUT2D eigenvalue weighted by Crippen LogP contribution is -2.29. The van der Waals surface area contributed by atoms with Crippen molar-refractivity contribution in [1.29, 1.82) is 5.26 Å². The Kier molecular flexibility index (Phi) is 5.35. The quantitative estimate of drug-likeness (QED) is 0.778. The summed E-state index contributed by atoms with van der Waals surface area (Å²) in [5.41, 5.74) is 2.02. The normalized spacial score (nSPS) is 12.7. The van der Waals surface area contributed by atoms with Crippen LogP contribution < -0.4 is 0 Å². The number of para-hydroxylation sites is 2. The fourth-order valence-electron chi connectivity index (χ4n) is 2.80. The van der Waals surface area contributed by atoms with Gasteiger partial charge in [0.2, 0.25) is 0 Å². The van der Waals surface area contributed by atoms with Crippen LogP contribution in [0.2, 0.25) is 0 Å². The highest BCUT2D eigenvalue weighted by molar-refractivity contribution is 5.76. The summed E-state index contributed by atoms with van der Waals surface area (Å²) in [5.74, 6) is 0.996. The van der Waals surface area contributed by atoms with E-state index in [-0.39, 0.29) is 6.04 Å². The molecule has 112 valence electrons. The summed E-state index contributed by atoms with van der Waals surface area (Å²) in [6, 6.07) is 10.5. The highest BCUT2D eigenvalue weighted by Crippen LogP contribution is 2.24. The molecule has 0 amide bonds. The molecular weight excluding hydrogens is 260 g/mol. The molecule has 4 heteroatoms.